The Bertz CT molecular complexity index is 256. The van der Waals surface area contributed by atoms with Crippen LogP contribution in [0.5, 0.6) is 0 Å². The van der Waals surface area contributed by atoms with Crippen LogP contribution in [0.3, 0.4) is 0 Å². The molecule has 0 spiro atoms. The summed E-state index contributed by atoms with van der Waals surface area (Å²) in [6.07, 6.45) is 5.83. The molecule has 1 saturated carbocycles. The largest absolute Gasteiger partial charge is 0.338 e. The molecule has 4 nitrogen and oxygen atoms in total. The fraction of sp³-hybridized carbons (Fsp3) is 0.909. The fourth-order valence-electron chi connectivity index (χ4n) is 2.62. The first-order chi connectivity index (χ1) is 7.14. The van der Waals surface area contributed by atoms with Gasteiger partial charge in [-0.25, -0.2) is 0 Å². The topological polar surface area (TPSA) is 72.3 Å². The van der Waals surface area contributed by atoms with Crippen molar-refractivity contribution in [3.63, 3.8) is 0 Å². The summed E-state index contributed by atoms with van der Waals surface area (Å²) >= 11 is 0. The van der Waals surface area contributed by atoms with E-state index in [4.69, 9.17) is 11.5 Å². The Hall–Kier alpha value is -0.320. The molecule has 4 N–H and O–H groups in total. The zero-order chi connectivity index (χ0) is 10.9. The Balaban J connectivity index is 0.00000128. The lowest BCUT2D eigenvalue weighted by Gasteiger charge is -2.39. The van der Waals surface area contributed by atoms with Crippen LogP contribution < -0.4 is 11.5 Å². The SMILES string of the molecule is Cl.NCC1CCCN1C(=O)CC1(N)CCC1. The van der Waals surface area contributed by atoms with Gasteiger partial charge in [0, 0.05) is 31.1 Å². The highest BCUT2D eigenvalue weighted by molar-refractivity contribution is 5.85. The number of halogens is 1. The molecule has 16 heavy (non-hydrogen) atoms. The lowest BCUT2D eigenvalue weighted by molar-refractivity contribution is -0.133. The van der Waals surface area contributed by atoms with E-state index in [9.17, 15) is 4.79 Å². The summed E-state index contributed by atoms with van der Waals surface area (Å²) in [6, 6.07) is 0.265. The van der Waals surface area contributed by atoms with E-state index in [0.29, 0.717) is 13.0 Å². The molecule has 0 aromatic rings. The van der Waals surface area contributed by atoms with Gasteiger partial charge in [0.1, 0.15) is 0 Å². The van der Waals surface area contributed by atoms with Crippen molar-refractivity contribution in [3.8, 4) is 0 Å². The van der Waals surface area contributed by atoms with Gasteiger partial charge in [0.05, 0.1) is 0 Å². The Kier molecular flexibility index (Phi) is 4.59. The van der Waals surface area contributed by atoms with Crippen molar-refractivity contribution in [2.24, 2.45) is 11.5 Å². The molecule has 1 unspecified atom stereocenters. The zero-order valence-corrected chi connectivity index (χ0v) is 10.5. The summed E-state index contributed by atoms with van der Waals surface area (Å²) < 4.78 is 0. The van der Waals surface area contributed by atoms with Crippen LogP contribution in [0.15, 0.2) is 0 Å². The Morgan fingerprint density at radius 3 is 2.56 bits per heavy atom. The lowest BCUT2D eigenvalue weighted by atomic mass is 9.75. The van der Waals surface area contributed by atoms with E-state index in [2.05, 4.69) is 0 Å². The summed E-state index contributed by atoms with van der Waals surface area (Å²) in [6.45, 7) is 1.46. The molecule has 94 valence electrons. The van der Waals surface area contributed by atoms with E-state index in [1.807, 2.05) is 4.90 Å². The first-order valence-corrected chi connectivity index (χ1v) is 5.93. The van der Waals surface area contributed by atoms with Gasteiger partial charge in [-0.2, -0.15) is 0 Å². The molecule has 1 atom stereocenters. The van der Waals surface area contributed by atoms with Crippen molar-refractivity contribution in [1.29, 1.82) is 0 Å². The molecule has 0 bridgehead atoms. The van der Waals surface area contributed by atoms with E-state index < -0.39 is 0 Å². The van der Waals surface area contributed by atoms with Gasteiger partial charge in [-0.15, -0.1) is 12.4 Å². The maximum absolute atomic E-state index is 12.0. The number of nitrogens with zero attached hydrogens (tertiary/aromatic N) is 1. The highest BCUT2D eigenvalue weighted by Gasteiger charge is 2.38. The third-order valence-electron chi connectivity index (χ3n) is 3.82. The average molecular weight is 248 g/mol. The highest BCUT2D eigenvalue weighted by atomic mass is 35.5. The first-order valence-electron chi connectivity index (χ1n) is 5.93. The number of likely N-dealkylation sites (tertiary alicyclic amines) is 1. The van der Waals surface area contributed by atoms with Gasteiger partial charge < -0.3 is 16.4 Å². The monoisotopic (exact) mass is 247 g/mol. The molecule has 1 amide bonds. The van der Waals surface area contributed by atoms with E-state index in [1.165, 1.54) is 6.42 Å². The third kappa shape index (κ3) is 2.67. The van der Waals surface area contributed by atoms with Crippen LogP contribution in [0.1, 0.15) is 38.5 Å². The predicted molar refractivity (Wildman–Crippen MR) is 66.4 cm³/mol. The molecule has 1 aliphatic heterocycles. The second-order valence-electron chi connectivity index (χ2n) is 5.01. The Morgan fingerprint density at radius 1 is 1.38 bits per heavy atom. The molecule has 2 aliphatic rings. The lowest BCUT2D eigenvalue weighted by Crippen LogP contribution is -2.51. The molecule has 1 heterocycles. The van der Waals surface area contributed by atoms with Gasteiger partial charge in [-0.1, -0.05) is 0 Å². The van der Waals surface area contributed by atoms with Crippen LogP contribution in [-0.2, 0) is 4.79 Å². The maximum atomic E-state index is 12.0. The second-order valence-corrected chi connectivity index (χ2v) is 5.01. The number of nitrogens with two attached hydrogens (primary N) is 2. The molecule has 2 rings (SSSR count). The van der Waals surface area contributed by atoms with Crippen molar-refractivity contribution >= 4 is 18.3 Å². The number of rotatable bonds is 3. The minimum Gasteiger partial charge on any atom is -0.338 e. The van der Waals surface area contributed by atoms with Gasteiger partial charge in [-0.05, 0) is 32.1 Å². The molecule has 2 fully saturated rings. The second kappa shape index (κ2) is 5.34. The maximum Gasteiger partial charge on any atom is 0.224 e. The fourth-order valence-corrected chi connectivity index (χ4v) is 2.62. The van der Waals surface area contributed by atoms with Gasteiger partial charge in [0.25, 0.3) is 0 Å². The molecule has 1 aliphatic carbocycles. The molecule has 1 saturated heterocycles. The molecule has 0 aromatic heterocycles. The molecule has 0 aromatic carbocycles. The summed E-state index contributed by atoms with van der Waals surface area (Å²) in [5, 5.41) is 0. The normalized spacial score (nSPS) is 27.1. The standard InChI is InChI=1S/C11H21N3O.ClH/c12-8-9-3-1-6-14(9)10(15)7-11(13)4-2-5-11;/h9H,1-8,12-13H2;1H. The van der Waals surface area contributed by atoms with Crippen LogP contribution in [0, 0.1) is 0 Å². The number of hydrogen-bond acceptors (Lipinski definition) is 3. The minimum absolute atomic E-state index is 0. The van der Waals surface area contributed by atoms with Crippen molar-refractivity contribution in [3.05, 3.63) is 0 Å². The van der Waals surface area contributed by atoms with E-state index in [1.54, 1.807) is 0 Å². The smallest absolute Gasteiger partial charge is 0.224 e. The number of hydrogen-bond donors (Lipinski definition) is 2. The quantitative estimate of drug-likeness (QED) is 0.769. The summed E-state index contributed by atoms with van der Waals surface area (Å²) in [5.74, 6) is 0.213. The highest BCUT2D eigenvalue weighted by Crippen LogP contribution is 2.33. The van der Waals surface area contributed by atoms with Crippen molar-refractivity contribution in [2.45, 2.75) is 50.1 Å². The molecule has 0 radical (unpaired) electrons. The van der Waals surface area contributed by atoms with E-state index in [0.717, 1.165) is 32.2 Å². The third-order valence-corrected chi connectivity index (χ3v) is 3.82. The van der Waals surface area contributed by atoms with Crippen molar-refractivity contribution in [2.75, 3.05) is 13.1 Å². The van der Waals surface area contributed by atoms with Gasteiger partial charge in [0.2, 0.25) is 5.91 Å². The van der Waals surface area contributed by atoms with Crippen LogP contribution in [-0.4, -0.2) is 35.5 Å². The average Bonchev–Trinajstić information content (AvgIpc) is 2.62. The van der Waals surface area contributed by atoms with Crippen molar-refractivity contribution in [1.82, 2.24) is 4.90 Å². The Labute approximate surface area is 103 Å². The van der Waals surface area contributed by atoms with Crippen LogP contribution in [0.4, 0.5) is 0 Å². The number of carbonyl (C=O) groups excluding carboxylic acids is 1. The Morgan fingerprint density at radius 2 is 2.06 bits per heavy atom. The number of amides is 1. The molecule has 5 heteroatoms. The first kappa shape index (κ1) is 13.7. The summed E-state index contributed by atoms with van der Waals surface area (Å²) in [4.78, 5) is 14.0. The van der Waals surface area contributed by atoms with Gasteiger partial charge in [0.15, 0.2) is 0 Å². The van der Waals surface area contributed by atoms with Crippen LogP contribution in [0.2, 0.25) is 0 Å². The molecular weight excluding hydrogens is 226 g/mol. The van der Waals surface area contributed by atoms with Gasteiger partial charge in [-0.3, -0.25) is 4.79 Å². The van der Waals surface area contributed by atoms with Crippen LogP contribution in [0.25, 0.3) is 0 Å². The van der Waals surface area contributed by atoms with E-state index in [-0.39, 0.29) is 29.9 Å². The van der Waals surface area contributed by atoms with E-state index >= 15 is 0 Å². The summed E-state index contributed by atoms with van der Waals surface area (Å²) in [7, 11) is 0. The minimum atomic E-state index is -0.196. The van der Waals surface area contributed by atoms with Crippen molar-refractivity contribution < 1.29 is 4.79 Å². The van der Waals surface area contributed by atoms with Gasteiger partial charge >= 0.3 is 0 Å². The predicted octanol–water partition coefficient (Wildman–Crippen LogP) is 0.629. The zero-order valence-electron chi connectivity index (χ0n) is 9.65. The molecular formula is C11H22ClN3O. The summed E-state index contributed by atoms with van der Waals surface area (Å²) in [5.41, 5.74) is 11.5. The number of carbonyl (C=O) groups is 1. The van der Waals surface area contributed by atoms with Crippen LogP contribution >= 0.6 is 12.4 Å².